The smallest absolute Gasteiger partial charge is 0.223 e. The molecule has 1 amide bonds. The van der Waals surface area contributed by atoms with Gasteiger partial charge in [-0.1, -0.05) is 30.3 Å². The Bertz CT molecular complexity index is 442. The zero-order chi connectivity index (χ0) is 13.8. The van der Waals surface area contributed by atoms with Crippen molar-refractivity contribution < 1.29 is 4.79 Å². The SMILES string of the molecule is O=C1CC(CN2CCNCC2)CN1Cc1ccccc1. The van der Waals surface area contributed by atoms with Crippen molar-refractivity contribution >= 4 is 5.91 Å². The van der Waals surface area contributed by atoms with Gasteiger partial charge in [0.25, 0.3) is 0 Å². The molecule has 1 aromatic carbocycles. The molecule has 1 N–H and O–H groups in total. The van der Waals surface area contributed by atoms with Gasteiger partial charge in [-0.05, 0) is 11.5 Å². The summed E-state index contributed by atoms with van der Waals surface area (Å²) in [5.41, 5.74) is 1.23. The highest BCUT2D eigenvalue weighted by molar-refractivity contribution is 5.78. The van der Waals surface area contributed by atoms with Crippen LogP contribution in [0.2, 0.25) is 0 Å². The summed E-state index contributed by atoms with van der Waals surface area (Å²) in [6, 6.07) is 10.3. The second kappa shape index (κ2) is 6.37. The van der Waals surface area contributed by atoms with Gasteiger partial charge in [-0.25, -0.2) is 0 Å². The highest BCUT2D eigenvalue weighted by Gasteiger charge is 2.30. The van der Waals surface area contributed by atoms with Crippen LogP contribution in [0.4, 0.5) is 0 Å². The van der Waals surface area contributed by atoms with E-state index in [1.807, 2.05) is 23.1 Å². The first kappa shape index (κ1) is 13.6. The Labute approximate surface area is 120 Å². The molecule has 2 heterocycles. The molecule has 3 rings (SSSR count). The molecule has 2 saturated heterocycles. The maximum Gasteiger partial charge on any atom is 0.223 e. The summed E-state index contributed by atoms with van der Waals surface area (Å²) in [4.78, 5) is 16.6. The monoisotopic (exact) mass is 273 g/mol. The Balaban J connectivity index is 1.52. The summed E-state index contributed by atoms with van der Waals surface area (Å²) in [6.45, 7) is 7.13. The molecule has 0 saturated carbocycles. The third-order valence-corrected chi connectivity index (χ3v) is 4.24. The van der Waals surface area contributed by atoms with Crippen LogP contribution in [0.25, 0.3) is 0 Å². The van der Waals surface area contributed by atoms with Gasteiger partial charge < -0.3 is 15.1 Å². The van der Waals surface area contributed by atoms with Crippen molar-refractivity contribution in [1.82, 2.24) is 15.1 Å². The molecule has 1 unspecified atom stereocenters. The zero-order valence-corrected chi connectivity index (χ0v) is 11.9. The van der Waals surface area contributed by atoms with Crippen LogP contribution >= 0.6 is 0 Å². The molecule has 0 spiro atoms. The average molecular weight is 273 g/mol. The predicted molar refractivity (Wildman–Crippen MR) is 79.3 cm³/mol. The molecule has 0 aromatic heterocycles. The van der Waals surface area contributed by atoms with Gasteiger partial charge in [-0.2, -0.15) is 0 Å². The Hall–Kier alpha value is -1.39. The summed E-state index contributed by atoms with van der Waals surface area (Å²) >= 11 is 0. The third-order valence-electron chi connectivity index (χ3n) is 4.24. The normalized spacial score (nSPS) is 24.3. The lowest BCUT2D eigenvalue weighted by atomic mass is 10.1. The van der Waals surface area contributed by atoms with Crippen LogP contribution in [0, 0.1) is 5.92 Å². The van der Waals surface area contributed by atoms with Crippen LogP contribution in [0.15, 0.2) is 30.3 Å². The van der Waals surface area contributed by atoms with E-state index in [0.29, 0.717) is 11.8 Å². The molecule has 0 aliphatic carbocycles. The van der Waals surface area contributed by atoms with Gasteiger partial charge in [0.05, 0.1) is 0 Å². The summed E-state index contributed by atoms with van der Waals surface area (Å²) in [7, 11) is 0. The molecule has 2 fully saturated rings. The molecule has 2 aliphatic rings. The molecular weight excluding hydrogens is 250 g/mol. The lowest BCUT2D eigenvalue weighted by molar-refractivity contribution is -0.128. The van der Waals surface area contributed by atoms with E-state index in [9.17, 15) is 4.79 Å². The van der Waals surface area contributed by atoms with Crippen molar-refractivity contribution in [1.29, 1.82) is 0 Å². The highest BCUT2D eigenvalue weighted by Crippen LogP contribution is 2.21. The third kappa shape index (κ3) is 3.38. The first-order valence-corrected chi connectivity index (χ1v) is 7.56. The van der Waals surface area contributed by atoms with E-state index in [0.717, 1.165) is 52.2 Å². The van der Waals surface area contributed by atoms with Crippen molar-refractivity contribution in [3.63, 3.8) is 0 Å². The minimum absolute atomic E-state index is 0.314. The van der Waals surface area contributed by atoms with Crippen molar-refractivity contribution in [2.45, 2.75) is 13.0 Å². The van der Waals surface area contributed by atoms with Gasteiger partial charge in [0.2, 0.25) is 5.91 Å². The maximum absolute atomic E-state index is 12.1. The van der Waals surface area contributed by atoms with Crippen molar-refractivity contribution in [3.05, 3.63) is 35.9 Å². The molecule has 4 nitrogen and oxygen atoms in total. The van der Waals surface area contributed by atoms with E-state index >= 15 is 0 Å². The van der Waals surface area contributed by atoms with Crippen LogP contribution in [0.5, 0.6) is 0 Å². The Kier molecular flexibility index (Phi) is 4.33. The van der Waals surface area contributed by atoms with Gasteiger partial charge in [-0.15, -0.1) is 0 Å². The first-order valence-electron chi connectivity index (χ1n) is 7.56. The minimum Gasteiger partial charge on any atom is -0.338 e. The predicted octanol–water partition coefficient (Wildman–Crippen LogP) is 0.940. The number of hydrogen-bond acceptors (Lipinski definition) is 3. The van der Waals surface area contributed by atoms with Gasteiger partial charge in [0.15, 0.2) is 0 Å². The standard InChI is InChI=1S/C16H23N3O/c20-16-10-15(11-18-8-6-17-7-9-18)13-19(16)12-14-4-2-1-3-5-14/h1-5,15,17H,6-13H2. The molecule has 1 atom stereocenters. The largest absolute Gasteiger partial charge is 0.338 e. The second-order valence-electron chi connectivity index (χ2n) is 5.88. The van der Waals surface area contributed by atoms with E-state index in [1.54, 1.807) is 0 Å². The molecule has 20 heavy (non-hydrogen) atoms. The Morgan fingerprint density at radius 2 is 1.90 bits per heavy atom. The highest BCUT2D eigenvalue weighted by atomic mass is 16.2. The molecule has 0 bridgehead atoms. The zero-order valence-electron chi connectivity index (χ0n) is 11.9. The number of piperazine rings is 1. The Morgan fingerprint density at radius 1 is 1.15 bits per heavy atom. The second-order valence-corrected chi connectivity index (χ2v) is 5.88. The fourth-order valence-electron chi connectivity index (χ4n) is 3.19. The molecule has 108 valence electrons. The number of hydrogen-bond donors (Lipinski definition) is 1. The number of nitrogens with zero attached hydrogens (tertiary/aromatic N) is 2. The maximum atomic E-state index is 12.1. The van der Waals surface area contributed by atoms with Crippen LogP contribution in [0.3, 0.4) is 0 Å². The summed E-state index contributed by atoms with van der Waals surface area (Å²) < 4.78 is 0. The lowest BCUT2D eigenvalue weighted by Gasteiger charge is -2.29. The van der Waals surface area contributed by atoms with Crippen molar-refractivity contribution in [2.24, 2.45) is 5.92 Å². The number of benzene rings is 1. The Morgan fingerprint density at radius 3 is 2.65 bits per heavy atom. The van der Waals surface area contributed by atoms with E-state index in [1.165, 1.54) is 5.56 Å². The summed E-state index contributed by atoms with van der Waals surface area (Å²) in [6.07, 6.45) is 0.719. The molecular formula is C16H23N3O. The molecule has 2 aliphatic heterocycles. The van der Waals surface area contributed by atoms with E-state index < -0.39 is 0 Å². The van der Waals surface area contributed by atoms with Crippen LogP contribution < -0.4 is 5.32 Å². The van der Waals surface area contributed by atoms with Gasteiger partial charge in [0.1, 0.15) is 0 Å². The molecule has 0 radical (unpaired) electrons. The summed E-state index contributed by atoms with van der Waals surface area (Å²) in [5.74, 6) is 0.818. The van der Waals surface area contributed by atoms with Crippen molar-refractivity contribution in [2.75, 3.05) is 39.3 Å². The number of likely N-dealkylation sites (tertiary alicyclic amines) is 1. The number of carbonyl (C=O) groups excluding carboxylic acids is 1. The molecule has 1 aromatic rings. The first-order chi connectivity index (χ1) is 9.81. The quantitative estimate of drug-likeness (QED) is 0.887. The van der Waals surface area contributed by atoms with Crippen LogP contribution in [-0.4, -0.2) is 55.0 Å². The van der Waals surface area contributed by atoms with E-state index in [4.69, 9.17) is 0 Å². The van der Waals surface area contributed by atoms with Gasteiger partial charge >= 0.3 is 0 Å². The van der Waals surface area contributed by atoms with Gasteiger partial charge in [-0.3, -0.25) is 4.79 Å². The fourth-order valence-corrected chi connectivity index (χ4v) is 3.19. The number of carbonyl (C=O) groups is 1. The van der Waals surface area contributed by atoms with Gasteiger partial charge in [0, 0.05) is 52.2 Å². The topological polar surface area (TPSA) is 35.6 Å². The minimum atomic E-state index is 0.314. The van der Waals surface area contributed by atoms with E-state index in [2.05, 4.69) is 22.3 Å². The molecule has 4 heteroatoms. The van der Waals surface area contributed by atoms with Crippen molar-refractivity contribution in [3.8, 4) is 0 Å². The number of amides is 1. The number of rotatable bonds is 4. The van der Waals surface area contributed by atoms with E-state index in [-0.39, 0.29) is 0 Å². The van der Waals surface area contributed by atoms with Crippen LogP contribution in [0.1, 0.15) is 12.0 Å². The fraction of sp³-hybridized carbons (Fsp3) is 0.562. The summed E-state index contributed by atoms with van der Waals surface area (Å²) in [5, 5.41) is 3.37. The average Bonchev–Trinajstić information content (AvgIpc) is 2.81. The number of nitrogens with one attached hydrogen (secondary N) is 1. The lowest BCUT2D eigenvalue weighted by Crippen LogP contribution is -2.45. The van der Waals surface area contributed by atoms with Crippen LogP contribution in [-0.2, 0) is 11.3 Å².